The van der Waals surface area contributed by atoms with Gasteiger partial charge in [0.15, 0.2) is 0 Å². The van der Waals surface area contributed by atoms with Crippen LogP contribution in [0.5, 0.6) is 0 Å². The van der Waals surface area contributed by atoms with Crippen molar-refractivity contribution in [2.45, 2.75) is 52.6 Å². The van der Waals surface area contributed by atoms with Crippen molar-refractivity contribution in [1.29, 1.82) is 5.26 Å². The monoisotopic (exact) mass is 598 g/mol. The van der Waals surface area contributed by atoms with Crippen molar-refractivity contribution in [2.24, 2.45) is 0 Å². The highest BCUT2D eigenvalue weighted by Crippen LogP contribution is 2.38. The van der Waals surface area contributed by atoms with Crippen molar-refractivity contribution in [3.63, 3.8) is 0 Å². The summed E-state index contributed by atoms with van der Waals surface area (Å²) in [5, 5.41) is 11.1. The molecule has 0 spiro atoms. The number of aromatic nitrogens is 3. The average Bonchev–Trinajstić information content (AvgIpc) is 2.96. The lowest BCUT2D eigenvalue weighted by molar-refractivity contribution is -0.130. The molecule has 1 aliphatic heterocycles. The van der Waals surface area contributed by atoms with Crippen molar-refractivity contribution in [1.82, 2.24) is 19.4 Å². The second-order valence-corrected chi connectivity index (χ2v) is 11.6. The molecule has 1 aliphatic rings. The number of carbonyl (C=O) groups is 1. The second-order valence-electron chi connectivity index (χ2n) is 11.2. The van der Waals surface area contributed by atoms with Gasteiger partial charge in [-0.3, -0.25) is 19.1 Å². The Bertz CT molecular complexity index is 1870. The zero-order valence-electron chi connectivity index (χ0n) is 24.7. The summed E-state index contributed by atoms with van der Waals surface area (Å²) in [6.45, 7) is 14.0. The first-order valence-corrected chi connectivity index (χ1v) is 14.5. The number of amides is 1. The number of rotatable bonds is 5. The lowest BCUT2D eigenvalue weighted by Gasteiger charge is -2.45. The van der Waals surface area contributed by atoms with Gasteiger partial charge in [0.2, 0.25) is 5.91 Å². The molecule has 1 saturated heterocycles. The van der Waals surface area contributed by atoms with E-state index in [2.05, 4.69) is 17.6 Å². The van der Waals surface area contributed by atoms with E-state index in [1.54, 1.807) is 41.4 Å². The molecule has 0 bridgehead atoms. The third-order valence-corrected chi connectivity index (χ3v) is 8.19. The maximum absolute atomic E-state index is 15.0. The number of nitrogens with zero attached hydrogens (tertiary/aromatic N) is 6. The molecule has 0 radical (unpaired) electrons. The Morgan fingerprint density at radius 3 is 2.47 bits per heavy atom. The van der Waals surface area contributed by atoms with Crippen LogP contribution in [0.15, 0.2) is 60.0 Å². The topological polar surface area (TPSA) is 95.1 Å². The Hall–Kier alpha value is -4.55. The molecule has 0 unspecified atom stereocenters. The maximum Gasteiger partial charge on any atom is 0.276 e. The minimum atomic E-state index is -0.567. The molecule has 10 heteroatoms. The molecule has 8 nitrogen and oxygen atoms in total. The number of hydrogen-bond donors (Lipinski definition) is 0. The Labute approximate surface area is 254 Å². The number of hydrogen-bond acceptors (Lipinski definition) is 6. The van der Waals surface area contributed by atoms with Crippen molar-refractivity contribution in [3.8, 4) is 23.0 Å². The molecule has 3 aromatic heterocycles. The Balaban J connectivity index is 1.90. The minimum absolute atomic E-state index is 0.0578. The summed E-state index contributed by atoms with van der Waals surface area (Å²) >= 11 is 6.81. The first-order valence-electron chi connectivity index (χ1n) is 14.1. The van der Waals surface area contributed by atoms with Crippen molar-refractivity contribution in [3.05, 3.63) is 93.3 Å². The molecule has 0 aliphatic carbocycles. The fourth-order valence-electron chi connectivity index (χ4n) is 6.08. The van der Waals surface area contributed by atoms with Crippen LogP contribution in [0, 0.1) is 24.1 Å². The Kier molecular flexibility index (Phi) is 8.08. The van der Waals surface area contributed by atoms with E-state index >= 15 is 4.39 Å². The van der Waals surface area contributed by atoms with Gasteiger partial charge in [0, 0.05) is 42.3 Å². The van der Waals surface area contributed by atoms with E-state index in [1.807, 2.05) is 39.5 Å². The van der Waals surface area contributed by atoms with Crippen LogP contribution in [0.25, 0.3) is 28.0 Å². The maximum atomic E-state index is 15.0. The van der Waals surface area contributed by atoms with Crippen LogP contribution in [-0.2, 0) is 4.79 Å². The molecule has 1 aromatic carbocycles. The highest BCUT2D eigenvalue weighted by Gasteiger charge is 2.35. The fourth-order valence-corrected chi connectivity index (χ4v) is 6.33. The first-order chi connectivity index (χ1) is 20.5. The first kappa shape index (κ1) is 29.9. The van der Waals surface area contributed by atoms with Crippen molar-refractivity contribution in [2.75, 3.05) is 18.0 Å². The summed E-state index contributed by atoms with van der Waals surface area (Å²) in [4.78, 5) is 40.2. The highest BCUT2D eigenvalue weighted by atomic mass is 35.5. The van der Waals surface area contributed by atoms with Crippen LogP contribution in [0.1, 0.15) is 50.4 Å². The quantitative estimate of drug-likeness (QED) is 0.256. The molecule has 220 valence electrons. The van der Waals surface area contributed by atoms with Crippen molar-refractivity contribution < 1.29 is 9.18 Å². The molecule has 1 amide bonds. The van der Waals surface area contributed by atoms with Gasteiger partial charge in [-0.1, -0.05) is 44.2 Å². The number of benzene rings is 1. The highest BCUT2D eigenvalue weighted by molar-refractivity contribution is 6.34. The summed E-state index contributed by atoms with van der Waals surface area (Å²) in [6.07, 6.45) is 2.97. The third kappa shape index (κ3) is 5.06. The molecular formula is C33H32ClFN6O2. The van der Waals surface area contributed by atoms with Crippen LogP contribution in [0.4, 0.5) is 10.1 Å². The minimum Gasteiger partial charge on any atom is -0.366 e. The normalized spacial score (nSPS) is 16.9. The molecule has 5 rings (SSSR count). The number of aryl methyl sites for hydroxylation is 1. The van der Waals surface area contributed by atoms with E-state index in [1.165, 1.54) is 16.7 Å². The van der Waals surface area contributed by atoms with Gasteiger partial charge >= 0.3 is 0 Å². The van der Waals surface area contributed by atoms with Crippen LogP contribution in [-0.4, -0.2) is 50.5 Å². The molecule has 4 heterocycles. The number of carbonyl (C=O) groups excluding carboxylic acids is 1. The van der Waals surface area contributed by atoms with Crippen molar-refractivity contribution >= 4 is 34.2 Å². The van der Waals surface area contributed by atoms with Crippen LogP contribution in [0.2, 0.25) is 5.02 Å². The van der Waals surface area contributed by atoms with E-state index in [-0.39, 0.29) is 51.4 Å². The van der Waals surface area contributed by atoms with Crippen LogP contribution in [0.3, 0.4) is 0 Å². The number of nitriles is 1. The van der Waals surface area contributed by atoms with E-state index in [0.717, 1.165) is 5.56 Å². The van der Waals surface area contributed by atoms with Gasteiger partial charge in [-0.15, -0.1) is 0 Å². The lowest BCUT2D eigenvalue weighted by Crippen LogP contribution is -2.58. The van der Waals surface area contributed by atoms with Crippen LogP contribution >= 0.6 is 11.6 Å². The summed E-state index contributed by atoms with van der Waals surface area (Å²) in [6, 6.07) is 11.3. The third-order valence-electron chi connectivity index (χ3n) is 7.91. The zero-order valence-corrected chi connectivity index (χ0v) is 25.5. The molecule has 1 fully saturated rings. The predicted molar refractivity (Wildman–Crippen MR) is 167 cm³/mol. The molecule has 2 atom stereocenters. The van der Waals surface area contributed by atoms with Crippen LogP contribution < -0.4 is 10.5 Å². The SMILES string of the molecule is C=CC(=O)N1[C@H](C)CN(c2c(C#N)c(=O)n(-c3c(C)ccnc3C(C)C)c3nc(-c4ccccc4F)c(Cl)cc23)C[C@@H]1C. The summed E-state index contributed by atoms with van der Waals surface area (Å²) in [7, 11) is 0. The molecule has 0 saturated carbocycles. The largest absolute Gasteiger partial charge is 0.366 e. The predicted octanol–water partition coefficient (Wildman–Crippen LogP) is 6.16. The van der Waals surface area contributed by atoms with E-state index in [0.29, 0.717) is 35.5 Å². The van der Waals surface area contributed by atoms with Gasteiger partial charge in [-0.25, -0.2) is 9.37 Å². The number of fused-ring (bicyclic) bond motifs is 1. The molecule has 4 aromatic rings. The van der Waals surface area contributed by atoms with Gasteiger partial charge in [0.1, 0.15) is 23.1 Å². The zero-order chi connectivity index (χ0) is 31.2. The summed E-state index contributed by atoms with van der Waals surface area (Å²) < 4.78 is 16.4. The number of piperazine rings is 1. The lowest BCUT2D eigenvalue weighted by atomic mass is 10.0. The average molecular weight is 599 g/mol. The van der Waals surface area contributed by atoms with Gasteiger partial charge in [0.25, 0.3) is 5.56 Å². The molecular weight excluding hydrogens is 567 g/mol. The number of anilines is 1. The number of pyridine rings is 3. The second kappa shape index (κ2) is 11.6. The van der Waals surface area contributed by atoms with E-state index in [4.69, 9.17) is 16.6 Å². The van der Waals surface area contributed by atoms with Gasteiger partial charge in [-0.05, 0) is 62.6 Å². The standard InChI is InChI=1S/C33H32ClFN6O2/c1-7-27(42)40-20(5)16-39(17-21(40)6)31-23-14-25(34)29(22-10-8-9-11-26(22)35)38-32(23)41(33(43)24(31)15-36)30-19(4)12-13-37-28(30)18(2)3/h7-14,18,20-21H,1,16-17H2,2-6H3/t20-,21+. The van der Waals surface area contributed by atoms with Gasteiger partial charge in [-0.2, -0.15) is 5.26 Å². The summed E-state index contributed by atoms with van der Waals surface area (Å²) in [5.74, 6) is -0.754. The van der Waals surface area contributed by atoms with Gasteiger partial charge < -0.3 is 9.80 Å². The molecule has 0 N–H and O–H groups in total. The fraction of sp³-hybridized carbons (Fsp3) is 0.303. The Morgan fingerprint density at radius 1 is 1.19 bits per heavy atom. The van der Waals surface area contributed by atoms with E-state index < -0.39 is 11.4 Å². The van der Waals surface area contributed by atoms with E-state index in [9.17, 15) is 14.9 Å². The smallest absolute Gasteiger partial charge is 0.276 e. The van der Waals surface area contributed by atoms with Gasteiger partial charge in [0.05, 0.1) is 27.8 Å². The summed E-state index contributed by atoms with van der Waals surface area (Å²) in [5.41, 5.74) is 2.26. The Morgan fingerprint density at radius 2 is 1.86 bits per heavy atom. The molecule has 43 heavy (non-hydrogen) atoms. The number of halogens is 2.